The number of rotatable bonds is 9. The fourth-order valence-corrected chi connectivity index (χ4v) is 3.74. The maximum atomic E-state index is 12.9. The molecule has 1 heterocycles. The minimum atomic E-state index is -0.500. The molecule has 0 radical (unpaired) electrons. The van der Waals surface area contributed by atoms with E-state index in [0.717, 1.165) is 29.1 Å². The summed E-state index contributed by atoms with van der Waals surface area (Å²) in [6, 6.07) is 18.9. The van der Waals surface area contributed by atoms with Crippen LogP contribution in [0.5, 0.6) is 0 Å². The number of nitrogens with zero attached hydrogens (tertiary/aromatic N) is 1. The minimum Gasteiger partial charge on any atom is -0.351 e. The van der Waals surface area contributed by atoms with Gasteiger partial charge in [0, 0.05) is 23.4 Å². The Bertz CT molecular complexity index is 1020. The molecule has 0 spiro atoms. The molecule has 3 rings (SSSR count). The first-order valence-electron chi connectivity index (χ1n) is 9.42. The van der Waals surface area contributed by atoms with Crippen LogP contribution >= 0.6 is 11.8 Å². The molecule has 0 bridgehead atoms. The number of aromatic amines is 1. The standard InChI is InChI=1S/C23H23N3O2S/c1-2-3-15-29-16-14-24-22(27)20-19(17-10-6-4-7-11-17)21(25-26-23(20)28)18-12-8-5-9-13-18/h2,4-13H,1,3,14-16H2,(H,24,27)(H,26,28). The SMILES string of the molecule is C=CCCSCCNC(=O)c1c(-c2ccccc2)c(-c2ccccc2)n[nH]c1=O. The number of hydrogen-bond acceptors (Lipinski definition) is 4. The van der Waals surface area contributed by atoms with Crippen molar-refractivity contribution in [1.82, 2.24) is 15.5 Å². The van der Waals surface area contributed by atoms with E-state index in [9.17, 15) is 9.59 Å². The lowest BCUT2D eigenvalue weighted by atomic mass is 9.95. The van der Waals surface area contributed by atoms with Crippen LogP contribution in [0.3, 0.4) is 0 Å². The van der Waals surface area contributed by atoms with Gasteiger partial charge in [0.1, 0.15) is 5.56 Å². The van der Waals surface area contributed by atoms with Crippen molar-refractivity contribution in [3.63, 3.8) is 0 Å². The number of thioether (sulfide) groups is 1. The van der Waals surface area contributed by atoms with Crippen molar-refractivity contribution < 1.29 is 4.79 Å². The quantitative estimate of drug-likeness (QED) is 0.414. The van der Waals surface area contributed by atoms with Gasteiger partial charge in [-0.15, -0.1) is 6.58 Å². The third-order valence-corrected chi connectivity index (χ3v) is 5.34. The molecule has 2 aromatic carbocycles. The zero-order valence-corrected chi connectivity index (χ0v) is 16.9. The summed E-state index contributed by atoms with van der Waals surface area (Å²) in [5.41, 5.74) is 2.30. The lowest BCUT2D eigenvalue weighted by Gasteiger charge is -2.14. The molecule has 0 atom stereocenters. The summed E-state index contributed by atoms with van der Waals surface area (Å²) in [4.78, 5) is 25.6. The molecule has 0 saturated carbocycles. The Hall–Kier alpha value is -3.12. The molecule has 1 aromatic heterocycles. The first kappa shape index (κ1) is 20.6. The largest absolute Gasteiger partial charge is 0.351 e. The smallest absolute Gasteiger partial charge is 0.277 e. The summed E-state index contributed by atoms with van der Waals surface area (Å²) in [6.07, 6.45) is 2.81. The molecule has 1 amide bonds. The number of allylic oxidation sites excluding steroid dienone is 1. The van der Waals surface area contributed by atoms with Crippen LogP contribution in [-0.2, 0) is 0 Å². The predicted molar refractivity (Wildman–Crippen MR) is 120 cm³/mol. The Labute approximate surface area is 174 Å². The number of amides is 1. The van der Waals surface area contributed by atoms with Crippen LogP contribution in [0, 0.1) is 0 Å². The van der Waals surface area contributed by atoms with E-state index in [2.05, 4.69) is 22.1 Å². The normalized spacial score (nSPS) is 10.5. The molecular formula is C23H23N3O2S. The maximum Gasteiger partial charge on any atom is 0.277 e. The number of aromatic nitrogens is 2. The molecule has 29 heavy (non-hydrogen) atoms. The van der Waals surface area contributed by atoms with Gasteiger partial charge in [-0.25, -0.2) is 5.10 Å². The third kappa shape index (κ3) is 5.23. The van der Waals surface area contributed by atoms with Crippen LogP contribution in [0.25, 0.3) is 22.4 Å². The first-order valence-corrected chi connectivity index (χ1v) is 10.6. The highest BCUT2D eigenvalue weighted by Gasteiger charge is 2.22. The number of hydrogen-bond donors (Lipinski definition) is 2. The summed E-state index contributed by atoms with van der Waals surface area (Å²) < 4.78 is 0. The Morgan fingerprint density at radius 2 is 1.69 bits per heavy atom. The first-order chi connectivity index (χ1) is 14.2. The average Bonchev–Trinajstić information content (AvgIpc) is 2.77. The number of nitrogens with one attached hydrogen (secondary N) is 2. The summed E-state index contributed by atoms with van der Waals surface area (Å²) in [5.74, 6) is 1.34. The molecule has 2 N–H and O–H groups in total. The van der Waals surface area contributed by atoms with Gasteiger partial charge in [0.15, 0.2) is 0 Å². The molecular weight excluding hydrogens is 382 g/mol. The number of carbonyl (C=O) groups excluding carboxylic acids is 1. The average molecular weight is 406 g/mol. The van der Waals surface area contributed by atoms with Gasteiger partial charge in [-0.3, -0.25) is 9.59 Å². The van der Waals surface area contributed by atoms with Crippen LogP contribution in [0.2, 0.25) is 0 Å². The molecule has 148 valence electrons. The predicted octanol–water partition coefficient (Wildman–Crippen LogP) is 4.14. The lowest BCUT2D eigenvalue weighted by Crippen LogP contribution is -2.32. The van der Waals surface area contributed by atoms with E-state index in [0.29, 0.717) is 17.8 Å². The molecule has 0 fully saturated rings. The van der Waals surface area contributed by atoms with E-state index in [-0.39, 0.29) is 5.56 Å². The van der Waals surface area contributed by atoms with Crippen molar-refractivity contribution in [1.29, 1.82) is 0 Å². The number of carbonyl (C=O) groups is 1. The summed E-state index contributed by atoms with van der Waals surface area (Å²) in [7, 11) is 0. The fourth-order valence-electron chi connectivity index (χ4n) is 2.95. The lowest BCUT2D eigenvalue weighted by molar-refractivity contribution is 0.0955. The Morgan fingerprint density at radius 3 is 2.34 bits per heavy atom. The van der Waals surface area contributed by atoms with Gasteiger partial charge in [0.05, 0.1) is 5.69 Å². The van der Waals surface area contributed by atoms with E-state index in [1.807, 2.05) is 66.7 Å². The van der Waals surface area contributed by atoms with Gasteiger partial charge in [-0.2, -0.15) is 16.9 Å². The zero-order valence-electron chi connectivity index (χ0n) is 16.1. The second-order valence-corrected chi connectivity index (χ2v) is 7.55. The van der Waals surface area contributed by atoms with Crippen LogP contribution in [0.1, 0.15) is 16.8 Å². The van der Waals surface area contributed by atoms with Crippen LogP contribution < -0.4 is 10.9 Å². The third-order valence-electron chi connectivity index (χ3n) is 4.32. The molecule has 6 heteroatoms. The van der Waals surface area contributed by atoms with Crippen molar-refractivity contribution in [3.05, 3.63) is 89.2 Å². The molecule has 0 aliphatic carbocycles. The van der Waals surface area contributed by atoms with Crippen molar-refractivity contribution in [2.75, 3.05) is 18.1 Å². The van der Waals surface area contributed by atoms with Crippen molar-refractivity contribution in [3.8, 4) is 22.4 Å². The van der Waals surface area contributed by atoms with E-state index in [1.165, 1.54) is 0 Å². The van der Waals surface area contributed by atoms with Gasteiger partial charge < -0.3 is 5.32 Å². The van der Waals surface area contributed by atoms with Crippen molar-refractivity contribution in [2.45, 2.75) is 6.42 Å². The van der Waals surface area contributed by atoms with E-state index < -0.39 is 11.5 Å². The topological polar surface area (TPSA) is 74.8 Å². The molecule has 3 aromatic rings. The van der Waals surface area contributed by atoms with Crippen molar-refractivity contribution in [2.24, 2.45) is 0 Å². The van der Waals surface area contributed by atoms with E-state index >= 15 is 0 Å². The fraction of sp³-hybridized carbons (Fsp3) is 0.174. The number of H-pyrrole nitrogens is 1. The van der Waals surface area contributed by atoms with Crippen LogP contribution in [0.15, 0.2) is 78.1 Å². The van der Waals surface area contributed by atoms with Gasteiger partial charge in [0.25, 0.3) is 11.5 Å². The number of benzene rings is 2. The van der Waals surface area contributed by atoms with Crippen molar-refractivity contribution >= 4 is 17.7 Å². The Kier molecular flexibility index (Phi) is 7.41. The Balaban J connectivity index is 1.97. The molecule has 0 aliphatic rings. The van der Waals surface area contributed by atoms with Crippen LogP contribution in [0.4, 0.5) is 0 Å². The summed E-state index contributed by atoms with van der Waals surface area (Å²) in [5, 5.41) is 9.63. The van der Waals surface area contributed by atoms with E-state index in [4.69, 9.17) is 0 Å². The molecule has 0 unspecified atom stereocenters. The summed E-state index contributed by atoms with van der Waals surface area (Å²) >= 11 is 1.74. The maximum absolute atomic E-state index is 12.9. The van der Waals surface area contributed by atoms with Gasteiger partial charge in [-0.05, 0) is 17.7 Å². The van der Waals surface area contributed by atoms with Gasteiger partial charge >= 0.3 is 0 Å². The van der Waals surface area contributed by atoms with Crippen LogP contribution in [-0.4, -0.2) is 34.2 Å². The van der Waals surface area contributed by atoms with Gasteiger partial charge in [0.2, 0.25) is 0 Å². The molecule has 0 aliphatic heterocycles. The second kappa shape index (κ2) is 10.4. The van der Waals surface area contributed by atoms with E-state index in [1.54, 1.807) is 11.8 Å². The molecule has 5 nitrogen and oxygen atoms in total. The molecule has 0 saturated heterocycles. The minimum absolute atomic E-state index is 0.0844. The Morgan fingerprint density at radius 1 is 1.03 bits per heavy atom. The zero-order chi connectivity index (χ0) is 20.5. The van der Waals surface area contributed by atoms with Gasteiger partial charge in [-0.1, -0.05) is 66.7 Å². The highest BCUT2D eigenvalue weighted by molar-refractivity contribution is 7.99. The summed E-state index contributed by atoms with van der Waals surface area (Å²) in [6.45, 7) is 4.18. The second-order valence-electron chi connectivity index (χ2n) is 6.33. The highest BCUT2D eigenvalue weighted by Crippen LogP contribution is 2.31. The monoisotopic (exact) mass is 405 g/mol. The highest BCUT2D eigenvalue weighted by atomic mass is 32.2.